The van der Waals surface area contributed by atoms with Gasteiger partial charge in [-0.05, 0) is 145 Å². The number of carboxylic acid groups (broad SMARTS) is 1. The van der Waals surface area contributed by atoms with E-state index in [0.717, 1.165) is 77.9 Å². The van der Waals surface area contributed by atoms with Gasteiger partial charge in [-0.2, -0.15) is 0 Å². The van der Waals surface area contributed by atoms with Gasteiger partial charge in [0.05, 0.1) is 40.2 Å². The van der Waals surface area contributed by atoms with Crippen LogP contribution in [-0.2, 0) is 34.2 Å². The minimum atomic E-state index is -1.13. The molecule has 414 valence electrons. The Bertz CT molecular complexity index is 2390. The van der Waals surface area contributed by atoms with Gasteiger partial charge in [-0.1, -0.05) is 127 Å². The molecule has 0 radical (unpaired) electrons. The van der Waals surface area contributed by atoms with Crippen LogP contribution in [0.25, 0.3) is 0 Å². The van der Waals surface area contributed by atoms with Gasteiger partial charge in [0.25, 0.3) is 0 Å². The smallest absolute Gasteiger partial charge is 0.407 e. The predicted molar refractivity (Wildman–Crippen MR) is 295 cm³/mol. The Morgan fingerprint density at radius 2 is 1.42 bits per heavy atom. The molecule has 2 N–H and O–H groups in total. The van der Waals surface area contributed by atoms with Crippen molar-refractivity contribution in [1.29, 1.82) is 0 Å². The Morgan fingerprint density at radius 3 is 2.08 bits per heavy atom. The average molecular weight is 1050 g/mol. The highest BCUT2D eigenvalue weighted by molar-refractivity contribution is 5.78. The molecule has 12 nitrogen and oxygen atoms in total. The molecule has 8 rings (SSSR count). The minimum Gasteiger partial charge on any atom is -0.497 e. The summed E-state index contributed by atoms with van der Waals surface area (Å²) >= 11 is 0. The van der Waals surface area contributed by atoms with Crippen LogP contribution in [0.4, 0.5) is 4.79 Å². The predicted octanol–water partition coefficient (Wildman–Crippen LogP) is 12.9. The maximum Gasteiger partial charge on any atom is 0.407 e. The fourth-order valence-corrected chi connectivity index (χ4v) is 15.0. The van der Waals surface area contributed by atoms with E-state index in [1.807, 2.05) is 78.9 Å². The van der Waals surface area contributed by atoms with Gasteiger partial charge in [-0.25, -0.2) is 4.79 Å². The second kappa shape index (κ2) is 25.4. The third kappa shape index (κ3) is 12.8. The van der Waals surface area contributed by atoms with E-state index < -0.39 is 29.6 Å². The van der Waals surface area contributed by atoms with E-state index in [-0.39, 0.29) is 56.1 Å². The quantitative estimate of drug-likeness (QED) is 0.0384. The molecule has 0 bridgehead atoms. The molecule has 4 fully saturated rings. The molecule has 4 aliphatic carbocycles. The van der Waals surface area contributed by atoms with Crippen molar-refractivity contribution < 1.29 is 48.0 Å². The van der Waals surface area contributed by atoms with Crippen LogP contribution in [0.1, 0.15) is 160 Å². The summed E-state index contributed by atoms with van der Waals surface area (Å²) in [7, 11) is 3.24. The number of fused-ring (bicyclic) bond motifs is 5. The second-order valence-electron chi connectivity index (χ2n) is 24.1. The number of methoxy groups -OCH3 is 2. The number of likely N-dealkylation sites (tertiary alicyclic amines) is 1. The number of alkyl carbamates (subject to hydrolysis) is 1. The number of benzene rings is 3. The first-order valence-electron chi connectivity index (χ1n) is 28.9. The molecule has 8 unspecified atom stereocenters. The number of nitrogens with zero attached hydrogens (tertiary/aromatic N) is 1. The van der Waals surface area contributed by atoms with E-state index in [4.69, 9.17) is 23.7 Å². The molecule has 10 atom stereocenters. The zero-order valence-corrected chi connectivity index (χ0v) is 46.7. The number of aliphatic carboxylic acids is 1. The Labute approximate surface area is 453 Å². The topological polar surface area (TPSA) is 150 Å². The highest BCUT2D eigenvalue weighted by atomic mass is 16.6. The first kappa shape index (κ1) is 56.8. The largest absolute Gasteiger partial charge is 0.497 e. The molecule has 5 aliphatic rings. The van der Waals surface area contributed by atoms with E-state index >= 15 is 0 Å². The first-order valence-corrected chi connectivity index (χ1v) is 28.9. The van der Waals surface area contributed by atoms with Gasteiger partial charge in [0.15, 0.2) is 0 Å². The molecule has 76 heavy (non-hydrogen) atoms. The van der Waals surface area contributed by atoms with Gasteiger partial charge in [0.1, 0.15) is 29.3 Å². The number of unbranched alkanes of at least 4 members (excludes halogenated alkanes) is 2. The third-order valence-electron chi connectivity index (χ3n) is 19.1. The number of carbonyl (C=O) groups excluding carboxylic acids is 3. The normalized spacial score (nSPS) is 27.3. The summed E-state index contributed by atoms with van der Waals surface area (Å²) in [6.45, 7) is 13.5. The molecule has 12 heteroatoms. The number of ether oxygens (including phenoxy) is 5. The fraction of sp³-hybridized carbons (Fsp3) is 0.625. The van der Waals surface area contributed by atoms with Crippen LogP contribution in [0.3, 0.4) is 0 Å². The number of carboxylic acids is 1. The fourth-order valence-electron chi connectivity index (χ4n) is 15.0. The molecule has 3 aromatic carbocycles. The summed E-state index contributed by atoms with van der Waals surface area (Å²) in [6, 6.07) is 25.3. The number of nitrogens with one attached hydrogen (secondary N) is 1. The van der Waals surface area contributed by atoms with Gasteiger partial charge in [0.2, 0.25) is 5.91 Å². The number of allylic oxidation sites excluding steroid dienone is 1. The van der Waals surface area contributed by atoms with E-state index in [9.17, 15) is 24.3 Å². The lowest BCUT2D eigenvalue weighted by atomic mass is 9.47. The zero-order chi connectivity index (χ0) is 54.0. The summed E-state index contributed by atoms with van der Waals surface area (Å²) in [5.74, 6) is 3.93. The van der Waals surface area contributed by atoms with Crippen molar-refractivity contribution in [2.75, 3.05) is 40.5 Å². The molecule has 3 saturated carbocycles. The lowest BCUT2D eigenvalue weighted by molar-refractivity contribution is -0.154. The van der Waals surface area contributed by atoms with Crippen molar-refractivity contribution in [2.45, 2.75) is 162 Å². The minimum absolute atomic E-state index is 0.0643. The van der Waals surface area contributed by atoms with E-state index in [1.54, 1.807) is 19.1 Å². The molecular weight excluding hydrogens is 957 g/mol. The van der Waals surface area contributed by atoms with Crippen molar-refractivity contribution in [3.05, 3.63) is 107 Å². The van der Waals surface area contributed by atoms with Crippen LogP contribution < -0.4 is 14.8 Å². The van der Waals surface area contributed by atoms with Crippen molar-refractivity contribution in [3.63, 3.8) is 0 Å². The van der Waals surface area contributed by atoms with Crippen molar-refractivity contribution >= 4 is 23.9 Å². The number of hydrogen-bond donors (Lipinski definition) is 2. The highest BCUT2D eigenvalue weighted by Gasteiger charge is 2.59. The zero-order valence-electron chi connectivity index (χ0n) is 46.7. The van der Waals surface area contributed by atoms with Crippen LogP contribution in [0.15, 0.2) is 90.5 Å². The molecule has 1 aliphatic heterocycles. The van der Waals surface area contributed by atoms with E-state index in [0.29, 0.717) is 42.7 Å². The van der Waals surface area contributed by atoms with E-state index in [2.05, 4.69) is 46.0 Å². The molecule has 0 aromatic heterocycles. The standard InChI is InChI=1S/C64H88N2O10/c1-43(2)15-14-16-44(3)54-30-31-55-53-29-24-49-39-52(34-36-62(49,4)56(53)35-37-63(54,55)5)75-61(71)65-38-13-9-12-19-58(67)66-40-45(57(41-66)76-60(70)33-32-59(68)69)42-74-64(46-17-10-8-11-18-46,47-20-25-50(72-6)26-21-47)48-22-27-51(73-7)28-23-48/h8,10-11,17-18,20-28,43-45,52-57H,9,12-16,19,29-42H2,1-7H3,(H,65,71)(H,68,69)/t44?,45?,52?,53?,54?,55?,56?,57?,62-,63+/m1/s1. The summed E-state index contributed by atoms with van der Waals surface area (Å²) in [4.78, 5) is 53.2. The van der Waals surface area contributed by atoms with Crippen LogP contribution in [0.2, 0.25) is 0 Å². The Kier molecular flexibility index (Phi) is 19.0. The Balaban J connectivity index is 0.827. The number of rotatable bonds is 24. The SMILES string of the molecule is COc1ccc(C(OCC2CN(C(=O)CCCCCNC(=O)OC3CC[C@]4(C)C(=CCC5C6CCC(C(C)CCCC(C)C)[C@]6(C)CCC54)C3)CC2OC(=O)CCC(=O)O)(c2ccccc2)c2ccc(OC)cc2)cc1. The molecule has 3 aromatic rings. The third-order valence-corrected chi connectivity index (χ3v) is 19.1. The second-order valence-corrected chi connectivity index (χ2v) is 24.1. The maximum atomic E-state index is 13.9. The molecule has 0 spiro atoms. The van der Waals surface area contributed by atoms with Gasteiger partial charge in [0, 0.05) is 31.8 Å². The van der Waals surface area contributed by atoms with Crippen molar-refractivity contribution in [3.8, 4) is 11.5 Å². The summed E-state index contributed by atoms with van der Waals surface area (Å²) < 4.78 is 30.2. The average Bonchev–Trinajstić information content (AvgIpc) is 4.01. The first-order chi connectivity index (χ1) is 36.6. The lowest BCUT2D eigenvalue weighted by Gasteiger charge is -2.58. The monoisotopic (exact) mass is 1040 g/mol. The highest BCUT2D eigenvalue weighted by Crippen LogP contribution is 2.67. The Hall–Kier alpha value is -5.36. The van der Waals surface area contributed by atoms with Gasteiger partial charge >= 0.3 is 18.0 Å². The summed E-state index contributed by atoms with van der Waals surface area (Å²) in [6.07, 6.45) is 16.6. The van der Waals surface area contributed by atoms with Crippen molar-refractivity contribution in [2.24, 2.45) is 52.3 Å². The van der Waals surface area contributed by atoms with Gasteiger partial charge in [-0.3, -0.25) is 14.4 Å². The molecule has 1 heterocycles. The molecule has 1 saturated heterocycles. The van der Waals surface area contributed by atoms with Gasteiger partial charge < -0.3 is 39.0 Å². The van der Waals surface area contributed by atoms with Gasteiger partial charge in [-0.15, -0.1) is 0 Å². The molecular formula is C64H88N2O10. The number of carbonyl (C=O) groups is 4. The lowest BCUT2D eigenvalue weighted by Crippen LogP contribution is -2.51. The van der Waals surface area contributed by atoms with Crippen LogP contribution in [0, 0.1) is 52.3 Å². The summed E-state index contributed by atoms with van der Waals surface area (Å²) in [5.41, 5.74) is 3.59. The van der Waals surface area contributed by atoms with E-state index in [1.165, 1.54) is 56.9 Å². The summed E-state index contributed by atoms with van der Waals surface area (Å²) in [5, 5.41) is 12.3. The molecule has 2 amide bonds. The van der Waals surface area contributed by atoms with Crippen molar-refractivity contribution in [1.82, 2.24) is 10.2 Å². The Morgan fingerprint density at radius 1 is 0.737 bits per heavy atom. The number of hydrogen-bond acceptors (Lipinski definition) is 9. The van der Waals surface area contributed by atoms with Crippen LogP contribution >= 0.6 is 0 Å². The number of esters is 1. The maximum absolute atomic E-state index is 13.9. The van der Waals surface area contributed by atoms with Crippen LogP contribution in [-0.4, -0.2) is 86.6 Å². The number of amides is 2. The van der Waals surface area contributed by atoms with Crippen LogP contribution in [0.5, 0.6) is 11.5 Å².